The molecule has 0 saturated carbocycles. The van der Waals surface area contributed by atoms with Crippen LogP contribution in [0, 0.1) is 5.92 Å². The van der Waals surface area contributed by atoms with E-state index in [-0.39, 0.29) is 11.8 Å². The summed E-state index contributed by atoms with van der Waals surface area (Å²) in [6, 6.07) is 0. The van der Waals surface area contributed by atoms with Crippen LogP contribution < -0.4 is 0 Å². The van der Waals surface area contributed by atoms with Crippen molar-refractivity contribution >= 4 is 11.9 Å². The van der Waals surface area contributed by atoms with Crippen molar-refractivity contribution in [3.05, 3.63) is 0 Å². The number of carbonyl (C=O) groups is 2. The van der Waals surface area contributed by atoms with Crippen LogP contribution in [0.1, 0.15) is 46.0 Å². The maximum absolute atomic E-state index is 12.6. The van der Waals surface area contributed by atoms with Gasteiger partial charge in [-0.1, -0.05) is 32.6 Å². The molecule has 6 nitrogen and oxygen atoms in total. The van der Waals surface area contributed by atoms with Gasteiger partial charge in [0.25, 0.3) is 11.5 Å². The van der Waals surface area contributed by atoms with E-state index >= 15 is 0 Å². The predicted octanol–water partition coefficient (Wildman–Crippen LogP) is 1.72. The minimum atomic E-state index is -1.65. The summed E-state index contributed by atoms with van der Waals surface area (Å²) in [5, 5.41) is 0. The van der Waals surface area contributed by atoms with Crippen molar-refractivity contribution in [3.63, 3.8) is 0 Å². The third-order valence-electron chi connectivity index (χ3n) is 5.22. The van der Waals surface area contributed by atoms with Gasteiger partial charge in [-0.25, -0.2) is 4.79 Å². The van der Waals surface area contributed by atoms with Crippen molar-refractivity contribution in [2.24, 2.45) is 5.92 Å². The number of likely N-dealkylation sites (tertiary alicyclic amines) is 1. The molecule has 2 fully saturated rings. The highest BCUT2D eigenvalue weighted by Gasteiger charge is 2.77. The summed E-state index contributed by atoms with van der Waals surface area (Å²) < 4.78 is 16.4. The quantitative estimate of drug-likeness (QED) is 0.407. The van der Waals surface area contributed by atoms with Crippen LogP contribution in [0.15, 0.2) is 0 Å². The molecule has 0 spiro atoms. The molecule has 22 heavy (non-hydrogen) atoms. The fourth-order valence-electron chi connectivity index (χ4n) is 3.89. The Kier molecular flexibility index (Phi) is 4.82. The molecule has 0 unspecified atom stereocenters. The van der Waals surface area contributed by atoms with Crippen molar-refractivity contribution in [3.8, 4) is 0 Å². The highest BCUT2D eigenvalue weighted by atomic mass is 16.6. The molecule has 126 valence electrons. The van der Waals surface area contributed by atoms with E-state index in [2.05, 4.69) is 6.92 Å². The highest BCUT2D eigenvalue weighted by molar-refractivity contribution is 6.09. The molecule has 1 amide bonds. The van der Waals surface area contributed by atoms with E-state index < -0.39 is 23.4 Å². The third kappa shape index (κ3) is 2.15. The van der Waals surface area contributed by atoms with Crippen LogP contribution in [0.4, 0.5) is 0 Å². The fourth-order valence-corrected chi connectivity index (χ4v) is 3.89. The molecule has 2 aliphatic rings. The molecule has 2 bridgehead atoms. The van der Waals surface area contributed by atoms with E-state index in [1.165, 1.54) is 25.5 Å². The number of likely N-dealkylation sites (N-methyl/N-ethyl adjacent to an activating group) is 1. The first-order valence-corrected chi connectivity index (χ1v) is 7.99. The highest BCUT2D eigenvalue weighted by Crippen LogP contribution is 2.54. The zero-order valence-electron chi connectivity index (χ0n) is 14.2. The van der Waals surface area contributed by atoms with Crippen LogP contribution in [0.5, 0.6) is 0 Å². The van der Waals surface area contributed by atoms with Gasteiger partial charge < -0.3 is 19.1 Å². The lowest BCUT2D eigenvalue weighted by molar-refractivity contribution is -0.177. The van der Waals surface area contributed by atoms with Crippen molar-refractivity contribution in [1.29, 1.82) is 0 Å². The van der Waals surface area contributed by atoms with Gasteiger partial charge in [0.1, 0.15) is 11.8 Å². The molecule has 4 atom stereocenters. The molecule has 0 N–H and O–H groups in total. The molecule has 0 aromatic carbocycles. The standard InChI is InChI=1S/C16H27NO5/c1-6-7-8-9-10-11-12(20-4)16(14(19)21-5)13(18)17(3)15(11,2)22-16/h11-12H,6-10H2,1-5H3/t11-,12+,15+,16-/m0/s1. The zero-order valence-corrected chi connectivity index (χ0v) is 14.2. The third-order valence-corrected chi connectivity index (χ3v) is 5.22. The summed E-state index contributed by atoms with van der Waals surface area (Å²) in [7, 11) is 4.47. The molecular formula is C16H27NO5. The van der Waals surface area contributed by atoms with E-state index in [9.17, 15) is 9.59 Å². The number of hydrogen-bond donors (Lipinski definition) is 0. The van der Waals surface area contributed by atoms with Gasteiger partial charge in [0, 0.05) is 20.1 Å². The first kappa shape index (κ1) is 17.2. The predicted molar refractivity (Wildman–Crippen MR) is 80.1 cm³/mol. The Morgan fingerprint density at radius 3 is 2.55 bits per heavy atom. The number of carbonyl (C=O) groups excluding carboxylic acids is 2. The number of nitrogens with zero attached hydrogens (tertiary/aromatic N) is 1. The first-order chi connectivity index (χ1) is 10.4. The summed E-state index contributed by atoms with van der Waals surface area (Å²) in [6.07, 6.45) is 4.75. The normalized spacial score (nSPS) is 37.0. The number of piperidine rings is 1. The van der Waals surface area contributed by atoms with Gasteiger partial charge in [-0.3, -0.25) is 4.79 Å². The molecule has 0 aromatic heterocycles. The van der Waals surface area contributed by atoms with Crippen LogP contribution in [-0.4, -0.2) is 55.5 Å². The Bertz CT molecular complexity index is 454. The Labute approximate surface area is 132 Å². The molecule has 0 radical (unpaired) electrons. The number of rotatable bonds is 7. The van der Waals surface area contributed by atoms with Gasteiger partial charge in [-0.05, 0) is 13.3 Å². The van der Waals surface area contributed by atoms with E-state index in [4.69, 9.17) is 14.2 Å². The minimum Gasteiger partial charge on any atom is -0.466 e. The number of amides is 1. The second-order valence-electron chi connectivity index (χ2n) is 6.36. The number of methoxy groups -OCH3 is 2. The van der Waals surface area contributed by atoms with Crippen molar-refractivity contribution in [2.75, 3.05) is 21.3 Å². The van der Waals surface area contributed by atoms with E-state index in [1.807, 2.05) is 6.92 Å². The van der Waals surface area contributed by atoms with E-state index in [0.717, 1.165) is 25.7 Å². The minimum absolute atomic E-state index is 0.0452. The average Bonchev–Trinajstić information content (AvgIpc) is 2.89. The molecule has 6 heteroatoms. The van der Waals surface area contributed by atoms with Gasteiger partial charge in [0.2, 0.25) is 0 Å². The van der Waals surface area contributed by atoms with Gasteiger partial charge in [0.05, 0.1) is 7.11 Å². The lowest BCUT2D eigenvalue weighted by Gasteiger charge is -2.40. The topological polar surface area (TPSA) is 65.1 Å². The number of ether oxygens (including phenoxy) is 3. The van der Waals surface area contributed by atoms with Crippen molar-refractivity contribution in [1.82, 2.24) is 4.90 Å². The molecule has 2 heterocycles. The van der Waals surface area contributed by atoms with Gasteiger partial charge in [-0.2, -0.15) is 0 Å². The summed E-state index contributed by atoms with van der Waals surface area (Å²) in [4.78, 5) is 26.4. The maximum atomic E-state index is 12.6. The Hall–Kier alpha value is -1.14. The van der Waals surface area contributed by atoms with Gasteiger partial charge in [-0.15, -0.1) is 0 Å². The largest absolute Gasteiger partial charge is 0.466 e. The van der Waals surface area contributed by atoms with Gasteiger partial charge >= 0.3 is 5.97 Å². The Morgan fingerprint density at radius 1 is 1.32 bits per heavy atom. The first-order valence-electron chi connectivity index (χ1n) is 7.99. The molecule has 2 saturated heterocycles. The lowest BCUT2D eigenvalue weighted by Crippen LogP contribution is -2.62. The summed E-state index contributed by atoms with van der Waals surface area (Å²) in [5.41, 5.74) is -2.47. The lowest BCUT2D eigenvalue weighted by atomic mass is 9.77. The van der Waals surface area contributed by atoms with Crippen LogP contribution >= 0.6 is 0 Å². The molecule has 0 aromatic rings. The second-order valence-corrected chi connectivity index (χ2v) is 6.36. The molecule has 2 aliphatic heterocycles. The molecule has 2 rings (SSSR count). The zero-order chi connectivity index (χ0) is 16.5. The fraction of sp³-hybridized carbons (Fsp3) is 0.875. The Morgan fingerprint density at radius 2 is 2.00 bits per heavy atom. The van der Waals surface area contributed by atoms with Gasteiger partial charge in [0.15, 0.2) is 0 Å². The molecular weight excluding hydrogens is 286 g/mol. The van der Waals surface area contributed by atoms with Crippen LogP contribution in [-0.2, 0) is 23.8 Å². The summed E-state index contributed by atoms with van der Waals surface area (Å²) in [5.74, 6) is -1.09. The monoisotopic (exact) mass is 313 g/mol. The van der Waals surface area contributed by atoms with Crippen LogP contribution in [0.25, 0.3) is 0 Å². The average molecular weight is 313 g/mol. The van der Waals surface area contributed by atoms with E-state index in [0.29, 0.717) is 0 Å². The second kappa shape index (κ2) is 6.16. The van der Waals surface area contributed by atoms with E-state index in [1.54, 1.807) is 7.05 Å². The number of unbranched alkanes of at least 4 members (excludes halogenated alkanes) is 3. The number of hydrogen-bond acceptors (Lipinski definition) is 5. The Balaban J connectivity index is 2.29. The number of fused-ring (bicyclic) bond motifs is 2. The van der Waals surface area contributed by atoms with Crippen molar-refractivity contribution < 1.29 is 23.8 Å². The SMILES string of the molecule is CCCCCC[C@H]1[C@@H](OC)[C@]2(C(=O)OC)O[C@@]1(C)N(C)C2=O. The number of esters is 1. The summed E-state index contributed by atoms with van der Waals surface area (Å²) >= 11 is 0. The van der Waals surface area contributed by atoms with Crippen LogP contribution in [0.3, 0.4) is 0 Å². The smallest absolute Gasteiger partial charge is 0.351 e. The summed E-state index contributed by atoms with van der Waals surface area (Å²) in [6.45, 7) is 4.03. The molecule has 0 aliphatic carbocycles. The maximum Gasteiger partial charge on any atom is 0.351 e. The van der Waals surface area contributed by atoms with Crippen molar-refractivity contribution in [2.45, 2.75) is 63.4 Å². The van der Waals surface area contributed by atoms with Crippen LogP contribution in [0.2, 0.25) is 0 Å².